The van der Waals surface area contributed by atoms with E-state index in [0.29, 0.717) is 22.3 Å². The van der Waals surface area contributed by atoms with Gasteiger partial charge in [-0.25, -0.2) is 0 Å². The molecule has 0 fully saturated rings. The van der Waals surface area contributed by atoms with Crippen molar-refractivity contribution in [2.24, 2.45) is 0 Å². The quantitative estimate of drug-likeness (QED) is 0.343. The SMILES string of the molecule is CC(=O)c1cccc(S)c1C=O.[Na]. The molecular formula is C9H8NaO2S. The number of carbonyl (C=O) groups excluding carboxylic acids is 2. The van der Waals surface area contributed by atoms with E-state index in [-0.39, 0.29) is 35.3 Å². The Labute approximate surface area is 104 Å². The third-order valence-electron chi connectivity index (χ3n) is 1.58. The van der Waals surface area contributed by atoms with Crippen LogP contribution in [0.1, 0.15) is 27.6 Å². The number of hydrogen-bond donors (Lipinski definition) is 1. The second-order valence-electron chi connectivity index (χ2n) is 2.41. The first-order valence-corrected chi connectivity index (χ1v) is 3.89. The van der Waals surface area contributed by atoms with Crippen molar-refractivity contribution in [1.29, 1.82) is 0 Å². The van der Waals surface area contributed by atoms with Crippen LogP contribution in [-0.4, -0.2) is 41.6 Å². The summed E-state index contributed by atoms with van der Waals surface area (Å²) in [5, 5.41) is 0. The molecule has 0 amide bonds. The van der Waals surface area contributed by atoms with Crippen molar-refractivity contribution in [1.82, 2.24) is 0 Å². The van der Waals surface area contributed by atoms with Crippen molar-refractivity contribution in [2.45, 2.75) is 11.8 Å². The summed E-state index contributed by atoms with van der Waals surface area (Å²) in [5.41, 5.74) is 0.797. The van der Waals surface area contributed by atoms with Gasteiger partial charge < -0.3 is 0 Å². The van der Waals surface area contributed by atoms with Crippen molar-refractivity contribution in [3.63, 3.8) is 0 Å². The predicted molar refractivity (Wildman–Crippen MR) is 54.8 cm³/mol. The van der Waals surface area contributed by atoms with Crippen LogP contribution in [0, 0.1) is 0 Å². The van der Waals surface area contributed by atoms with Crippen molar-refractivity contribution < 1.29 is 9.59 Å². The minimum Gasteiger partial charge on any atom is -0.298 e. The topological polar surface area (TPSA) is 34.1 Å². The van der Waals surface area contributed by atoms with E-state index in [0.717, 1.165) is 0 Å². The third-order valence-corrected chi connectivity index (χ3v) is 1.97. The zero-order valence-electron chi connectivity index (χ0n) is 7.57. The summed E-state index contributed by atoms with van der Waals surface area (Å²) >= 11 is 4.06. The molecule has 0 N–H and O–H groups in total. The van der Waals surface area contributed by atoms with E-state index in [1.165, 1.54) is 6.92 Å². The summed E-state index contributed by atoms with van der Waals surface area (Å²) in [6, 6.07) is 5.00. The van der Waals surface area contributed by atoms with Crippen molar-refractivity contribution in [3.05, 3.63) is 29.3 Å². The zero-order chi connectivity index (χ0) is 9.14. The molecule has 2 nitrogen and oxygen atoms in total. The van der Waals surface area contributed by atoms with Crippen LogP contribution in [0.25, 0.3) is 0 Å². The Morgan fingerprint density at radius 1 is 1.46 bits per heavy atom. The minimum absolute atomic E-state index is 0. The predicted octanol–water partition coefficient (Wildman–Crippen LogP) is 1.61. The molecule has 63 valence electrons. The molecular weight excluding hydrogens is 195 g/mol. The summed E-state index contributed by atoms with van der Waals surface area (Å²) in [7, 11) is 0. The Morgan fingerprint density at radius 2 is 2.08 bits per heavy atom. The van der Waals surface area contributed by atoms with Crippen LogP contribution >= 0.6 is 12.6 Å². The molecule has 0 bridgehead atoms. The van der Waals surface area contributed by atoms with Gasteiger partial charge in [0.05, 0.1) is 0 Å². The van der Waals surface area contributed by atoms with Crippen LogP contribution in [0.2, 0.25) is 0 Å². The van der Waals surface area contributed by atoms with Gasteiger partial charge in [0, 0.05) is 45.6 Å². The molecule has 0 saturated heterocycles. The number of hydrogen-bond acceptors (Lipinski definition) is 3. The largest absolute Gasteiger partial charge is 0.298 e. The summed E-state index contributed by atoms with van der Waals surface area (Å²) in [6.07, 6.45) is 0.652. The molecule has 0 atom stereocenters. The van der Waals surface area contributed by atoms with Crippen LogP contribution < -0.4 is 0 Å². The van der Waals surface area contributed by atoms with Crippen molar-refractivity contribution >= 4 is 54.3 Å². The Balaban J connectivity index is 0.00000144. The molecule has 1 aromatic carbocycles. The summed E-state index contributed by atoms with van der Waals surface area (Å²) < 4.78 is 0. The fourth-order valence-corrected chi connectivity index (χ4v) is 1.24. The fourth-order valence-electron chi connectivity index (χ4n) is 0.984. The van der Waals surface area contributed by atoms with Gasteiger partial charge in [0.25, 0.3) is 0 Å². The average Bonchev–Trinajstić information content (AvgIpc) is 2.03. The normalized spacial score (nSPS) is 8.77. The molecule has 0 aliphatic carbocycles. The second kappa shape index (κ2) is 5.60. The Bertz CT molecular complexity index is 336. The zero-order valence-corrected chi connectivity index (χ0v) is 10.5. The third kappa shape index (κ3) is 2.95. The number of thiol groups is 1. The Kier molecular flexibility index (Phi) is 5.56. The Hall–Kier alpha value is -0.0900. The molecule has 0 heterocycles. The van der Waals surface area contributed by atoms with E-state index in [1.54, 1.807) is 18.2 Å². The molecule has 1 radical (unpaired) electrons. The number of ketones is 1. The van der Waals surface area contributed by atoms with E-state index < -0.39 is 0 Å². The molecule has 0 spiro atoms. The summed E-state index contributed by atoms with van der Waals surface area (Å²) in [4.78, 5) is 22.1. The Morgan fingerprint density at radius 3 is 2.46 bits per heavy atom. The van der Waals surface area contributed by atoms with Crippen molar-refractivity contribution in [2.75, 3.05) is 0 Å². The van der Waals surface area contributed by atoms with Gasteiger partial charge in [0.15, 0.2) is 12.1 Å². The van der Waals surface area contributed by atoms with Gasteiger partial charge in [-0.2, -0.15) is 0 Å². The second-order valence-corrected chi connectivity index (χ2v) is 2.89. The van der Waals surface area contributed by atoms with Crippen molar-refractivity contribution in [3.8, 4) is 0 Å². The van der Waals surface area contributed by atoms with Gasteiger partial charge in [0.1, 0.15) is 0 Å². The maximum atomic E-state index is 11.0. The van der Waals surface area contributed by atoms with Crippen LogP contribution in [-0.2, 0) is 0 Å². The van der Waals surface area contributed by atoms with Gasteiger partial charge in [-0.05, 0) is 13.0 Å². The van der Waals surface area contributed by atoms with E-state index in [9.17, 15) is 9.59 Å². The average molecular weight is 203 g/mol. The molecule has 4 heteroatoms. The molecule has 0 unspecified atom stereocenters. The number of Topliss-reactive ketones (excluding diaryl/α,β-unsaturated/α-hetero) is 1. The van der Waals surface area contributed by atoms with Gasteiger partial charge in [-0.15, -0.1) is 12.6 Å². The monoisotopic (exact) mass is 203 g/mol. The summed E-state index contributed by atoms with van der Waals surface area (Å²) in [6.45, 7) is 1.43. The molecule has 1 rings (SSSR count). The van der Waals surface area contributed by atoms with Gasteiger partial charge in [-0.1, -0.05) is 12.1 Å². The first-order chi connectivity index (χ1) is 5.66. The molecule has 0 saturated carbocycles. The van der Waals surface area contributed by atoms with Crippen LogP contribution in [0.5, 0.6) is 0 Å². The van der Waals surface area contributed by atoms with Crippen LogP contribution in [0.15, 0.2) is 23.1 Å². The standard InChI is InChI=1S/C9H8O2S.Na/c1-6(11)7-3-2-4-9(12)8(7)5-10;/h2-5,12H,1H3;. The first-order valence-electron chi connectivity index (χ1n) is 3.45. The molecule has 1 aromatic rings. The number of aldehydes is 1. The molecule has 0 aliphatic heterocycles. The fraction of sp³-hybridized carbons (Fsp3) is 0.111. The smallest absolute Gasteiger partial charge is 0.160 e. The maximum absolute atomic E-state index is 11.0. The number of benzene rings is 1. The van der Waals surface area contributed by atoms with E-state index >= 15 is 0 Å². The summed E-state index contributed by atoms with van der Waals surface area (Å²) in [5.74, 6) is -0.118. The number of rotatable bonds is 2. The van der Waals surface area contributed by atoms with E-state index in [1.807, 2.05) is 0 Å². The van der Waals surface area contributed by atoms with Crippen LogP contribution in [0.3, 0.4) is 0 Å². The first kappa shape index (κ1) is 12.9. The molecule has 0 aromatic heterocycles. The van der Waals surface area contributed by atoms with Gasteiger partial charge in [0.2, 0.25) is 0 Å². The van der Waals surface area contributed by atoms with Gasteiger partial charge in [-0.3, -0.25) is 9.59 Å². The maximum Gasteiger partial charge on any atom is 0.160 e. The minimum atomic E-state index is -0.118. The van der Waals surface area contributed by atoms with E-state index in [4.69, 9.17) is 0 Å². The molecule has 0 aliphatic rings. The number of carbonyl (C=O) groups is 2. The molecule has 13 heavy (non-hydrogen) atoms. The van der Waals surface area contributed by atoms with Crippen LogP contribution in [0.4, 0.5) is 0 Å². The van der Waals surface area contributed by atoms with Gasteiger partial charge >= 0.3 is 0 Å². The van der Waals surface area contributed by atoms with E-state index in [2.05, 4.69) is 12.6 Å².